The van der Waals surface area contributed by atoms with Crippen LogP contribution in [0, 0.1) is 0 Å². The Balaban J connectivity index is 1.92. The van der Waals surface area contributed by atoms with Gasteiger partial charge in [-0.05, 0) is 25.5 Å². The molecule has 1 unspecified atom stereocenters. The molecule has 1 aromatic rings. The number of anilines is 2. The normalized spacial score (nSPS) is 18.5. The summed E-state index contributed by atoms with van der Waals surface area (Å²) >= 11 is 0. The number of benzene rings is 1. The van der Waals surface area contributed by atoms with Crippen molar-refractivity contribution in [3.63, 3.8) is 0 Å². The van der Waals surface area contributed by atoms with Crippen LogP contribution in [0.25, 0.3) is 0 Å². The van der Waals surface area contributed by atoms with Gasteiger partial charge in [-0.2, -0.15) is 0 Å². The molecule has 0 spiro atoms. The zero-order chi connectivity index (χ0) is 13.0. The molecule has 5 nitrogen and oxygen atoms in total. The van der Waals surface area contributed by atoms with E-state index in [2.05, 4.69) is 10.6 Å². The van der Waals surface area contributed by atoms with Crippen molar-refractivity contribution in [1.82, 2.24) is 5.32 Å². The zero-order valence-corrected chi connectivity index (χ0v) is 10.5. The minimum atomic E-state index is 0.133. The fourth-order valence-electron chi connectivity index (χ4n) is 2.00. The Bertz CT molecular complexity index is 434. The summed E-state index contributed by atoms with van der Waals surface area (Å²) in [6.07, 6.45) is 1.51. The SMILES string of the molecule is CCOc1cc(NCC2CCC(=O)N2)ccc1N. The van der Waals surface area contributed by atoms with Crippen LogP contribution in [0.4, 0.5) is 11.4 Å². The first kappa shape index (κ1) is 12.5. The summed E-state index contributed by atoms with van der Waals surface area (Å²) in [5, 5.41) is 6.20. The van der Waals surface area contributed by atoms with Gasteiger partial charge in [-0.25, -0.2) is 0 Å². The zero-order valence-electron chi connectivity index (χ0n) is 10.5. The Morgan fingerprint density at radius 2 is 2.39 bits per heavy atom. The quantitative estimate of drug-likeness (QED) is 0.689. The third-order valence-corrected chi connectivity index (χ3v) is 2.95. The van der Waals surface area contributed by atoms with E-state index in [4.69, 9.17) is 10.5 Å². The summed E-state index contributed by atoms with van der Waals surface area (Å²) in [6.45, 7) is 3.24. The van der Waals surface area contributed by atoms with Crippen molar-refractivity contribution in [3.05, 3.63) is 18.2 Å². The number of carbonyl (C=O) groups is 1. The largest absolute Gasteiger partial charge is 0.492 e. The second-order valence-electron chi connectivity index (χ2n) is 4.37. The highest BCUT2D eigenvalue weighted by molar-refractivity contribution is 5.78. The average Bonchev–Trinajstić information content (AvgIpc) is 2.76. The van der Waals surface area contributed by atoms with Crippen molar-refractivity contribution >= 4 is 17.3 Å². The van der Waals surface area contributed by atoms with Gasteiger partial charge >= 0.3 is 0 Å². The number of carbonyl (C=O) groups excluding carboxylic acids is 1. The van der Waals surface area contributed by atoms with Crippen LogP contribution in [0.15, 0.2) is 18.2 Å². The first-order valence-corrected chi connectivity index (χ1v) is 6.24. The van der Waals surface area contributed by atoms with Crippen LogP contribution in [0.2, 0.25) is 0 Å². The molecule has 1 aliphatic rings. The van der Waals surface area contributed by atoms with Gasteiger partial charge < -0.3 is 21.1 Å². The van der Waals surface area contributed by atoms with Crippen molar-refractivity contribution in [2.24, 2.45) is 0 Å². The summed E-state index contributed by atoms with van der Waals surface area (Å²) in [4.78, 5) is 11.1. The lowest BCUT2D eigenvalue weighted by Gasteiger charge is -2.14. The van der Waals surface area contributed by atoms with Crippen LogP contribution >= 0.6 is 0 Å². The molecule has 1 atom stereocenters. The minimum absolute atomic E-state index is 0.133. The molecule has 0 aromatic heterocycles. The molecule has 4 N–H and O–H groups in total. The summed E-state index contributed by atoms with van der Waals surface area (Å²) in [7, 11) is 0. The molecule has 98 valence electrons. The van der Waals surface area contributed by atoms with Crippen LogP contribution in [0.3, 0.4) is 0 Å². The third-order valence-electron chi connectivity index (χ3n) is 2.95. The van der Waals surface area contributed by atoms with Crippen LogP contribution < -0.4 is 21.1 Å². The molecule has 1 aliphatic heterocycles. The predicted octanol–water partition coefficient (Wildman–Crippen LogP) is 1.36. The van der Waals surface area contributed by atoms with Gasteiger partial charge in [0.05, 0.1) is 12.3 Å². The first-order chi connectivity index (χ1) is 8.69. The fraction of sp³-hybridized carbons (Fsp3) is 0.462. The van der Waals surface area contributed by atoms with Gasteiger partial charge in [-0.3, -0.25) is 4.79 Å². The molecule has 1 heterocycles. The number of nitrogens with one attached hydrogen (secondary N) is 2. The Morgan fingerprint density at radius 1 is 1.56 bits per heavy atom. The number of nitrogen functional groups attached to an aromatic ring is 1. The van der Waals surface area contributed by atoms with Crippen molar-refractivity contribution in [1.29, 1.82) is 0 Å². The molecule has 0 saturated carbocycles. The molecule has 1 aromatic carbocycles. The van der Waals surface area contributed by atoms with Crippen molar-refractivity contribution in [2.75, 3.05) is 24.2 Å². The Hall–Kier alpha value is -1.91. The lowest BCUT2D eigenvalue weighted by molar-refractivity contribution is -0.119. The van der Waals surface area contributed by atoms with E-state index in [-0.39, 0.29) is 11.9 Å². The van der Waals surface area contributed by atoms with Gasteiger partial charge in [0.1, 0.15) is 5.75 Å². The maximum Gasteiger partial charge on any atom is 0.220 e. The molecule has 1 amide bonds. The average molecular weight is 249 g/mol. The van der Waals surface area contributed by atoms with Crippen molar-refractivity contribution in [2.45, 2.75) is 25.8 Å². The number of hydrogen-bond acceptors (Lipinski definition) is 4. The molecule has 1 fully saturated rings. The highest BCUT2D eigenvalue weighted by atomic mass is 16.5. The second-order valence-corrected chi connectivity index (χ2v) is 4.37. The van der Waals surface area contributed by atoms with E-state index in [1.165, 1.54) is 0 Å². The van der Waals surface area contributed by atoms with Crippen LogP contribution in [-0.2, 0) is 4.79 Å². The smallest absolute Gasteiger partial charge is 0.220 e. The van der Waals surface area contributed by atoms with Gasteiger partial charge in [0, 0.05) is 30.8 Å². The molecule has 0 aliphatic carbocycles. The number of nitrogens with two attached hydrogens (primary N) is 1. The topological polar surface area (TPSA) is 76.4 Å². The van der Waals surface area contributed by atoms with Gasteiger partial charge in [-0.1, -0.05) is 0 Å². The molecule has 18 heavy (non-hydrogen) atoms. The molecule has 0 radical (unpaired) electrons. The third kappa shape index (κ3) is 3.06. The number of hydrogen-bond donors (Lipinski definition) is 3. The first-order valence-electron chi connectivity index (χ1n) is 6.24. The van der Waals surface area contributed by atoms with Crippen LogP contribution in [0.5, 0.6) is 5.75 Å². The van der Waals surface area contributed by atoms with Gasteiger partial charge in [-0.15, -0.1) is 0 Å². The Labute approximate surface area is 107 Å². The van der Waals surface area contributed by atoms with E-state index >= 15 is 0 Å². The number of amides is 1. The van der Waals surface area contributed by atoms with Crippen LogP contribution in [-0.4, -0.2) is 25.1 Å². The lowest BCUT2D eigenvalue weighted by Crippen LogP contribution is -2.31. The standard InChI is InChI=1S/C13H19N3O2/c1-2-18-12-7-9(3-5-11(12)14)15-8-10-4-6-13(17)16-10/h3,5,7,10,15H,2,4,6,8,14H2,1H3,(H,16,17). The number of ether oxygens (including phenoxy) is 1. The van der Waals surface area contributed by atoms with E-state index in [0.717, 1.165) is 18.7 Å². The second kappa shape index (κ2) is 5.62. The fourth-order valence-corrected chi connectivity index (χ4v) is 2.00. The van der Waals surface area contributed by atoms with E-state index in [9.17, 15) is 4.79 Å². The molecular weight excluding hydrogens is 230 g/mol. The Morgan fingerprint density at radius 3 is 3.06 bits per heavy atom. The van der Waals surface area contributed by atoms with Crippen molar-refractivity contribution in [3.8, 4) is 5.75 Å². The maximum absolute atomic E-state index is 11.1. The highest BCUT2D eigenvalue weighted by Crippen LogP contribution is 2.25. The monoisotopic (exact) mass is 249 g/mol. The molecular formula is C13H19N3O2. The summed E-state index contributed by atoms with van der Waals surface area (Å²) in [6, 6.07) is 5.83. The summed E-state index contributed by atoms with van der Waals surface area (Å²) in [5.74, 6) is 0.826. The summed E-state index contributed by atoms with van der Waals surface area (Å²) in [5.41, 5.74) is 7.39. The van der Waals surface area contributed by atoms with E-state index < -0.39 is 0 Å². The highest BCUT2D eigenvalue weighted by Gasteiger charge is 2.20. The predicted molar refractivity (Wildman–Crippen MR) is 71.7 cm³/mol. The van der Waals surface area contributed by atoms with E-state index in [0.29, 0.717) is 24.5 Å². The molecule has 0 bridgehead atoms. The number of rotatable bonds is 5. The lowest BCUT2D eigenvalue weighted by atomic mass is 10.2. The van der Waals surface area contributed by atoms with Crippen LogP contribution in [0.1, 0.15) is 19.8 Å². The van der Waals surface area contributed by atoms with Gasteiger partial charge in [0.15, 0.2) is 0 Å². The van der Waals surface area contributed by atoms with E-state index in [1.807, 2.05) is 25.1 Å². The van der Waals surface area contributed by atoms with Crippen molar-refractivity contribution < 1.29 is 9.53 Å². The summed E-state index contributed by atoms with van der Waals surface area (Å²) < 4.78 is 5.43. The maximum atomic E-state index is 11.1. The minimum Gasteiger partial charge on any atom is -0.492 e. The molecule has 2 rings (SSSR count). The Kier molecular flexibility index (Phi) is 3.92. The molecule has 1 saturated heterocycles. The van der Waals surface area contributed by atoms with E-state index in [1.54, 1.807) is 0 Å². The molecule has 5 heteroatoms. The van der Waals surface area contributed by atoms with Gasteiger partial charge in [0.25, 0.3) is 0 Å². The van der Waals surface area contributed by atoms with Gasteiger partial charge in [0.2, 0.25) is 5.91 Å².